The van der Waals surface area contributed by atoms with Crippen LogP contribution in [0.5, 0.6) is 0 Å². The quantitative estimate of drug-likeness (QED) is 0.491. The minimum atomic E-state index is 0.326. The van der Waals surface area contributed by atoms with E-state index in [4.69, 9.17) is 4.74 Å². The lowest BCUT2D eigenvalue weighted by molar-refractivity contribution is 0.302. The molecule has 0 amide bonds. The van der Waals surface area contributed by atoms with Crippen LogP contribution in [0.4, 0.5) is 0 Å². The normalized spacial score (nSPS) is 46.9. The van der Waals surface area contributed by atoms with Crippen LogP contribution in [0.1, 0.15) is 47.0 Å². The van der Waals surface area contributed by atoms with Crippen LogP contribution >= 0.6 is 0 Å². The van der Waals surface area contributed by atoms with E-state index in [1.165, 1.54) is 19.3 Å². The Balaban J connectivity index is 0.000000281. The monoisotopic (exact) mass is 156 g/mol. The second-order valence-electron chi connectivity index (χ2n) is 3.80. The molecule has 2 rings (SSSR count). The van der Waals surface area contributed by atoms with Crippen LogP contribution in [0.2, 0.25) is 0 Å². The molecule has 0 bridgehead atoms. The van der Waals surface area contributed by atoms with Gasteiger partial charge >= 0.3 is 0 Å². The average Bonchev–Trinajstić information content (AvgIpc) is 2.65. The smallest absolute Gasteiger partial charge is 0.0920 e. The Hall–Kier alpha value is -0.0400. The van der Waals surface area contributed by atoms with Crippen molar-refractivity contribution in [3.63, 3.8) is 0 Å². The van der Waals surface area contributed by atoms with Gasteiger partial charge in [-0.05, 0) is 32.1 Å². The van der Waals surface area contributed by atoms with E-state index in [1.54, 1.807) is 0 Å². The molecule has 0 aromatic carbocycles. The predicted octanol–water partition coefficient (Wildman–Crippen LogP) is 2.99. The summed E-state index contributed by atoms with van der Waals surface area (Å²) in [6.45, 7) is 8.56. The highest BCUT2D eigenvalue weighted by atomic mass is 16.6. The van der Waals surface area contributed by atoms with Gasteiger partial charge in [-0.3, -0.25) is 0 Å². The molecule has 3 atom stereocenters. The van der Waals surface area contributed by atoms with E-state index in [1.807, 2.05) is 13.8 Å². The lowest BCUT2D eigenvalue weighted by Crippen LogP contribution is -2.19. The molecular formula is C10H20O. The third kappa shape index (κ3) is 1.76. The fourth-order valence-corrected chi connectivity index (χ4v) is 1.82. The molecule has 0 aromatic heterocycles. The Morgan fingerprint density at radius 2 is 2.00 bits per heavy atom. The lowest BCUT2D eigenvalue weighted by Gasteiger charge is -2.17. The van der Waals surface area contributed by atoms with Crippen LogP contribution in [0.25, 0.3) is 0 Å². The number of epoxide rings is 1. The third-order valence-corrected chi connectivity index (χ3v) is 2.79. The topological polar surface area (TPSA) is 12.5 Å². The first kappa shape index (κ1) is 9.05. The minimum Gasteiger partial charge on any atom is -0.366 e. The first-order valence-electron chi connectivity index (χ1n) is 4.88. The predicted molar refractivity (Wildman–Crippen MR) is 47.6 cm³/mol. The second kappa shape index (κ2) is 3.14. The minimum absolute atomic E-state index is 0.326. The molecule has 1 heteroatoms. The fourth-order valence-electron chi connectivity index (χ4n) is 1.82. The Morgan fingerprint density at radius 3 is 2.45 bits per heavy atom. The third-order valence-electron chi connectivity index (χ3n) is 2.79. The van der Waals surface area contributed by atoms with Gasteiger partial charge < -0.3 is 4.74 Å². The molecule has 1 aliphatic carbocycles. The Labute approximate surface area is 70.1 Å². The highest BCUT2D eigenvalue weighted by molar-refractivity contribution is 5.02. The second-order valence-corrected chi connectivity index (χ2v) is 3.80. The van der Waals surface area contributed by atoms with E-state index in [2.05, 4.69) is 13.8 Å². The highest BCUT2D eigenvalue weighted by Gasteiger charge is 2.54. The van der Waals surface area contributed by atoms with Crippen molar-refractivity contribution in [2.75, 3.05) is 0 Å². The van der Waals surface area contributed by atoms with Gasteiger partial charge in [-0.25, -0.2) is 0 Å². The van der Waals surface area contributed by atoms with Crippen molar-refractivity contribution in [2.45, 2.75) is 58.7 Å². The number of ether oxygens (including phenoxy) is 1. The maximum Gasteiger partial charge on any atom is 0.0920 e. The van der Waals surface area contributed by atoms with Crippen molar-refractivity contribution < 1.29 is 4.74 Å². The molecule has 11 heavy (non-hydrogen) atoms. The zero-order valence-corrected chi connectivity index (χ0v) is 8.18. The Kier molecular flexibility index (Phi) is 2.58. The number of fused-ring (bicyclic) bond motifs is 1. The zero-order chi connectivity index (χ0) is 8.48. The van der Waals surface area contributed by atoms with Gasteiger partial charge in [-0.1, -0.05) is 20.8 Å². The zero-order valence-electron chi connectivity index (χ0n) is 8.18. The molecule has 0 spiro atoms. The lowest BCUT2D eigenvalue weighted by atomic mass is 9.84. The van der Waals surface area contributed by atoms with Gasteiger partial charge in [0.05, 0.1) is 11.7 Å². The summed E-state index contributed by atoms with van der Waals surface area (Å²) in [5.41, 5.74) is 0.326. The molecule has 0 N–H and O–H groups in total. The van der Waals surface area contributed by atoms with Gasteiger partial charge in [-0.15, -0.1) is 0 Å². The van der Waals surface area contributed by atoms with Gasteiger partial charge in [0.2, 0.25) is 0 Å². The first-order chi connectivity index (χ1) is 5.21. The van der Waals surface area contributed by atoms with Gasteiger partial charge in [0.25, 0.3) is 0 Å². The average molecular weight is 156 g/mol. The molecular weight excluding hydrogens is 136 g/mol. The van der Waals surface area contributed by atoms with Crippen molar-refractivity contribution in [3.05, 3.63) is 0 Å². The number of rotatable bonds is 0. The summed E-state index contributed by atoms with van der Waals surface area (Å²) >= 11 is 0. The summed E-state index contributed by atoms with van der Waals surface area (Å²) in [5, 5.41) is 0. The summed E-state index contributed by atoms with van der Waals surface area (Å²) in [7, 11) is 0. The standard InChI is InChI=1S/C8H14O.C2H6/c1-6-3-4-8(2)7(5-6)9-8;1-2/h6-7H,3-5H2,1-2H3;1-2H3. The van der Waals surface area contributed by atoms with Crippen molar-refractivity contribution in [1.29, 1.82) is 0 Å². The maximum atomic E-state index is 5.54. The van der Waals surface area contributed by atoms with Crippen molar-refractivity contribution in [2.24, 2.45) is 5.92 Å². The van der Waals surface area contributed by atoms with E-state index in [-0.39, 0.29) is 0 Å². The molecule has 66 valence electrons. The molecule has 0 radical (unpaired) electrons. The number of hydrogen-bond donors (Lipinski definition) is 0. The van der Waals surface area contributed by atoms with Gasteiger partial charge in [0, 0.05) is 0 Å². The van der Waals surface area contributed by atoms with Crippen LogP contribution in [0.15, 0.2) is 0 Å². The van der Waals surface area contributed by atoms with Crippen LogP contribution in [-0.4, -0.2) is 11.7 Å². The summed E-state index contributed by atoms with van der Waals surface area (Å²) in [4.78, 5) is 0. The van der Waals surface area contributed by atoms with Gasteiger partial charge in [0.15, 0.2) is 0 Å². The van der Waals surface area contributed by atoms with Crippen molar-refractivity contribution >= 4 is 0 Å². The van der Waals surface area contributed by atoms with Crippen LogP contribution < -0.4 is 0 Å². The first-order valence-corrected chi connectivity index (χ1v) is 4.88. The fraction of sp³-hybridized carbons (Fsp3) is 1.00. The Bertz CT molecular complexity index is 133. The van der Waals surface area contributed by atoms with Crippen molar-refractivity contribution in [3.8, 4) is 0 Å². The van der Waals surface area contributed by atoms with Gasteiger partial charge in [-0.2, -0.15) is 0 Å². The van der Waals surface area contributed by atoms with Gasteiger partial charge in [0.1, 0.15) is 0 Å². The van der Waals surface area contributed by atoms with Crippen LogP contribution in [0.3, 0.4) is 0 Å². The maximum absolute atomic E-state index is 5.54. The molecule has 2 aliphatic rings. The van der Waals surface area contributed by atoms with Crippen LogP contribution in [-0.2, 0) is 4.74 Å². The summed E-state index contributed by atoms with van der Waals surface area (Å²) < 4.78 is 5.54. The largest absolute Gasteiger partial charge is 0.366 e. The Morgan fingerprint density at radius 1 is 1.36 bits per heavy atom. The molecule has 3 unspecified atom stereocenters. The van der Waals surface area contributed by atoms with E-state index < -0.39 is 0 Å². The molecule has 1 saturated carbocycles. The molecule has 1 aliphatic heterocycles. The summed E-state index contributed by atoms with van der Waals surface area (Å²) in [6.07, 6.45) is 4.59. The molecule has 2 fully saturated rings. The SMILES string of the molecule is CC.CC1CCC2(C)OC2C1. The van der Waals surface area contributed by atoms with Crippen molar-refractivity contribution in [1.82, 2.24) is 0 Å². The molecule has 1 nitrogen and oxygen atoms in total. The van der Waals surface area contributed by atoms with E-state index >= 15 is 0 Å². The van der Waals surface area contributed by atoms with E-state index in [0.29, 0.717) is 11.7 Å². The molecule has 1 heterocycles. The van der Waals surface area contributed by atoms with Crippen LogP contribution in [0, 0.1) is 5.92 Å². The van der Waals surface area contributed by atoms with E-state index in [9.17, 15) is 0 Å². The highest BCUT2D eigenvalue weighted by Crippen LogP contribution is 2.48. The van der Waals surface area contributed by atoms with E-state index in [0.717, 1.165) is 5.92 Å². The molecule has 0 aromatic rings. The summed E-state index contributed by atoms with van der Waals surface area (Å²) in [6, 6.07) is 0. The number of hydrogen-bond acceptors (Lipinski definition) is 1. The summed E-state index contributed by atoms with van der Waals surface area (Å²) in [5.74, 6) is 0.908. The molecule has 1 saturated heterocycles.